The number of urea groups is 1. The molecule has 2 saturated heterocycles. The van der Waals surface area contributed by atoms with Gasteiger partial charge in [-0.3, -0.25) is 19.8 Å². The van der Waals surface area contributed by atoms with Crippen LogP contribution in [0.3, 0.4) is 0 Å². The van der Waals surface area contributed by atoms with E-state index in [1.54, 1.807) is 6.92 Å². The average Bonchev–Trinajstić information content (AvgIpc) is 3.22. The molecule has 8 nitrogen and oxygen atoms in total. The number of nitrogens with zero attached hydrogens (tertiary/aromatic N) is 2. The SMILES string of the molecule is CC(C(=O)NC(=O)NC1CCCCC1)N1CCN(C(=O)C2CCCO2)CC1. The van der Waals surface area contributed by atoms with Crippen LogP contribution in [0.4, 0.5) is 4.79 Å². The maximum absolute atomic E-state index is 12.4. The lowest BCUT2D eigenvalue weighted by Crippen LogP contribution is -2.57. The lowest BCUT2D eigenvalue weighted by atomic mass is 9.96. The van der Waals surface area contributed by atoms with E-state index in [1.165, 1.54) is 6.42 Å². The van der Waals surface area contributed by atoms with Gasteiger partial charge in [0.05, 0.1) is 6.04 Å². The summed E-state index contributed by atoms with van der Waals surface area (Å²) in [6, 6.07) is -0.623. The lowest BCUT2D eigenvalue weighted by molar-refractivity contribution is -0.143. The molecule has 8 heteroatoms. The van der Waals surface area contributed by atoms with Crippen molar-refractivity contribution in [2.75, 3.05) is 32.8 Å². The highest BCUT2D eigenvalue weighted by atomic mass is 16.5. The van der Waals surface area contributed by atoms with Gasteiger partial charge in [-0.05, 0) is 32.6 Å². The van der Waals surface area contributed by atoms with Gasteiger partial charge in [0.15, 0.2) is 0 Å². The van der Waals surface area contributed by atoms with Crippen LogP contribution in [-0.2, 0) is 14.3 Å². The van der Waals surface area contributed by atoms with Gasteiger partial charge in [0, 0.05) is 38.8 Å². The molecule has 0 aromatic carbocycles. The van der Waals surface area contributed by atoms with E-state index in [0.717, 1.165) is 38.5 Å². The number of amides is 4. The molecule has 2 unspecified atom stereocenters. The number of nitrogens with one attached hydrogen (secondary N) is 2. The third-order valence-corrected chi connectivity index (χ3v) is 5.94. The second-order valence-electron chi connectivity index (χ2n) is 7.84. The largest absolute Gasteiger partial charge is 0.368 e. The number of carbonyl (C=O) groups is 3. The van der Waals surface area contributed by atoms with Crippen LogP contribution in [0.2, 0.25) is 0 Å². The zero-order valence-corrected chi connectivity index (χ0v) is 16.2. The molecule has 0 aromatic heterocycles. The zero-order chi connectivity index (χ0) is 19.2. The second kappa shape index (κ2) is 9.50. The molecule has 3 rings (SSSR count). The number of rotatable bonds is 4. The molecule has 3 aliphatic rings. The number of ether oxygens (including phenoxy) is 1. The van der Waals surface area contributed by atoms with Crippen LogP contribution in [0.5, 0.6) is 0 Å². The van der Waals surface area contributed by atoms with Gasteiger partial charge >= 0.3 is 6.03 Å². The quantitative estimate of drug-likeness (QED) is 0.755. The first-order valence-corrected chi connectivity index (χ1v) is 10.3. The third-order valence-electron chi connectivity index (χ3n) is 5.94. The first-order chi connectivity index (χ1) is 13.0. The summed E-state index contributed by atoms with van der Waals surface area (Å²) in [6.07, 6.45) is 6.90. The van der Waals surface area contributed by atoms with Crippen LogP contribution >= 0.6 is 0 Å². The van der Waals surface area contributed by atoms with Crippen molar-refractivity contribution in [1.82, 2.24) is 20.4 Å². The lowest BCUT2D eigenvalue weighted by Gasteiger charge is -2.38. The number of piperazine rings is 1. The number of carbonyl (C=O) groups excluding carboxylic acids is 3. The number of hydrogen-bond acceptors (Lipinski definition) is 5. The smallest absolute Gasteiger partial charge is 0.321 e. The fraction of sp³-hybridized carbons (Fsp3) is 0.842. The molecule has 0 aromatic rings. The van der Waals surface area contributed by atoms with Gasteiger partial charge in [-0.15, -0.1) is 0 Å². The summed E-state index contributed by atoms with van der Waals surface area (Å²) in [4.78, 5) is 40.7. The van der Waals surface area contributed by atoms with Crippen molar-refractivity contribution >= 4 is 17.8 Å². The molecule has 0 bridgehead atoms. The maximum Gasteiger partial charge on any atom is 0.321 e. The Kier molecular flexibility index (Phi) is 7.07. The van der Waals surface area contributed by atoms with Crippen molar-refractivity contribution in [3.05, 3.63) is 0 Å². The van der Waals surface area contributed by atoms with E-state index in [0.29, 0.717) is 32.8 Å². The standard InChI is InChI=1S/C19H32N4O4/c1-14(17(24)21-19(26)20-15-6-3-2-4-7-15)22-9-11-23(12-10-22)18(25)16-8-5-13-27-16/h14-16H,2-13H2,1H3,(H2,20,21,24,26). The van der Waals surface area contributed by atoms with Crippen molar-refractivity contribution < 1.29 is 19.1 Å². The highest BCUT2D eigenvalue weighted by molar-refractivity contribution is 5.96. The molecule has 0 spiro atoms. The molecule has 3 fully saturated rings. The summed E-state index contributed by atoms with van der Waals surface area (Å²) in [7, 11) is 0. The molecule has 152 valence electrons. The molecule has 0 radical (unpaired) electrons. The Labute approximate surface area is 161 Å². The molecule has 2 N–H and O–H groups in total. The van der Waals surface area contributed by atoms with Crippen molar-refractivity contribution in [3.8, 4) is 0 Å². The molecular weight excluding hydrogens is 348 g/mol. The Morgan fingerprint density at radius 3 is 2.30 bits per heavy atom. The van der Waals surface area contributed by atoms with E-state index in [1.807, 2.05) is 9.80 Å². The number of imide groups is 1. The van der Waals surface area contributed by atoms with Crippen LogP contribution in [0.15, 0.2) is 0 Å². The van der Waals surface area contributed by atoms with E-state index in [4.69, 9.17) is 4.74 Å². The summed E-state index contributed by atoms with van der Waals surface area (Å²) in [6.45, 7) is 4.89. The first-order valence-electron chi connectivity index (χ1n) is 10.3. The predicted molar refractivity (Wildman–Crippen MR) is 100 cm³/mol. The van der Waals surface area contributed by atoms with Crippen LogP contribution in [0.25, 0.3) is 0 Å². The van der Waals surface area contributed by atoms with Crippen LogP contribution in [-0.4, -0.2) is 78.6 Å². The van der Waals surface area contributed by atoms with Crippen molar-refractivity contribution in [3.63, 3.8) is 0 Å². The minimum atomic E-state index is -0.401. The van der Waals surface area contributed by atoms with Gasteiger partial charge in [-0.25, -0.2) is 4.79 Å². The molecule has 2 heterocycles. The fourth-order valence-corrected chi connectivity index (χ4v) is 4.16. The van der Waals surface area contributed by atoms with E-state index in [-0.39, 0.29) is 24.0 Å². The molecule has 2 atom stereocenters. The summed E-state index contributed by atoms with van der Waals surface area (Å²) in [5.41, 5.74) is 0. The first kappa shape index (κ1) is 20.1. The minimum Gasteiger partial charge on any atom is -0.368 e. The van der Waals surface area contributed by atoms with Crippen LogP contribution in [0.1, 0.15) is 51.9 Å². The summed E-state index contributed by atoms with van der Waals surface area (Å²) < 4.78 is 5.47. The van der Waals surface area contributed by atoms with Crippen molar-refractivity contribution in [2.24, 2.45) is 0 Å². The van der Waals surface area contributed by atoms with Gasteiger partial charge in [0.25, 0.3) is 5.91 Å². The zero-order valence-electron chi connectivity index (χ0n) is 16.2. The highest BCUT2D eigenvalue weighted by Crippen LogP contribution is 2.18. The van der Waals surface area contributed by atoms with Crippen LogP contribution in [0, 0.1) is 0 Å². The monoisotopic (exact) mass is 380 g/mol. The molecule has 27 heavy (non-hydrogen) atoms. The Bertz CT molecular complexity index is 536. The van der Waals surface area contributed by atoms with Crippen LogP contribution < -0.4 is 10.6 Å². The maximum atomic E-state index is 12.4. The van der Waals surface area contributed by atoms with Gasteiger partial charge < -0.3 is 15.0 Å². The molecule has 1 aliphatic carbocycles. The van der Waals surface area contributed by atoms with E-state index < -0.39 is 12.1 Å². The van der Waals surface area contributed by atoms with E-state index in [9.17, 15) is 14.4 Å². The normalized spacial score (nSPS) is 25.8. The van der Waals surface area contributed by atoms with E-state index in [2.05, 4.69) is 10.6 Å². The topological polar surface area (TPSA) is 91.0 Å². The van der Waals surface area contributed by atoms with Crippen molar-refractivity contribution in [2.45, 2.75) is 70.1 Å². The van der Waals surface area contributed by atoms with Gasteiger partial charge in [-0.2, -0.15) is 0 Å². The summed E-state index contributed by atoms with van der Waals surface area (Å²) >= 11 is 0. The molecule has 4 amide bonds. The molecule has 1 saturated carbocycles. The van der Waals surface area contributed by atoms with Gasteiger partial charge in [0.1, 0.15) is 6.10 Å². The Morgan fingerprint density at radius 2 is 1.67 bits per heavy atom. The number of hydrogen-bond donors (Lipinski definition) is 2. The fourth-order valence-electron chi connectivity index (χ4n) is 4.16. The van der Waals surface area contributed by atoms with Crippen molar-refractivity contribution in [1.29, 1.82) is 0 Å². The predicted octanol–water partition coefficient (Wildman–Crippen LogP) is 0.857. The Morgan fingerprint density at radius 1 is 0.963 bits per heavy atom. The highest BCUT2D eigenvalue weighted by Gasteiger charge is 2.32. The minimum absolute atomic E-state index is 0.0658. The van der Waals surface area contributed by atoms with E-state index >= 15 is 0 Å². The third kappa shape index (κ3) is 5.42. The summed E-state index contributed by atoms with van der Waals surface area (Å²) in [5.74, 6) is -0.224. The second-order valence-corrected chi connectivity index (χ2v) is 7.84. The molecular formula is C19H32N4O4. The average molecular weight is 380 g/mol. The van der Waals surface area contributed by atoms with Gasteiger partial charge in [0.2, 0.25) is 5.91 Å². The summed E-state index contributed by atoms with van der Waals surface area (Å²) in [5, 5.41) is 5.38. The van der Waals surface area contributed by atoms with Gasteiger partial charge in [-0.1, -0.05) is 19.3 Å². The Balaban J connectivity index is 1.40. The molecule has 2 aliphatic heterocycles. The Hall–Kier alpha value is -1.67.